The predicted octanol–water partition coefficient (Wildman–Crippen LogP) is -0.400. The molecule has 0 atom stereocenters. The summed E-state index contributed by atoms with van der Waals surface area (Å²) in [5, 5.41) is 0. The van der Waals surface area contributed by atoms with Crippen molar-refractivity contribution in [2.75, 3.05) is 52.7 Å². The van der Waals surface area contributed by atoms with Gasteiger partial charge in [-0.1, -0.05) is 0 Å². The fraction of sp³-hybridized carbons (Fsp3) is 1.00. The fourth-order valence-corrected chi connectivity index (χ4v) is 3.04. The minimum absolute atomic E-state index is 0.199. The molecule has 0 aromatic heterocycles. The molecule has 5 nitrogen and oxygen atoms in total. The summed E-state index contributed by atoms with van der Waals surface area (Å²) in [6, 6.07) is 0. The SMILES string of the molecule is COCCCS(=O)(=O)N1CCN(C)CC1. The van der Waals surface area contributed by atoms with Gasteiger partial charge in [0.2, 0.25) is 10.0 Å². The molecule has 0 unspecified atom stereocenters. The molecule has 15 heavy (non-hydrogen) atoms. The highest BCUT2D eigenvalue weighted by Crippen LogP contribution is 2.07. The second kappa shape index (κ2) is 5.79. The van der Waals surface area contributed by atoms with E-state index >= 15 is 0 Å². The lowest BCUT2D eigenvalue weighted by molar-refractivity contribution is 0.197. The topological polar surface area (TPSA) is 49.9 Å². The molecule has 0 aromatic carbocycles. The molecule has 0 amide bonds. The first-order chi connectivity index (χ1) is 7.06. The van der Waals surface area contributed by atoms with Crippen LogP contribution in [-0.2, 0) is 14.8 Å². The van der Waals surface area contributed by atoms with E-state index in [4.69, 9.17) is 4.74 Å². The van der Waals surface area contributed by atoms with Gasteiger partial charge in [0.05, 0.1) is 5.75 Å². The number of likely N-dealkylation sites (N-methyl/N-ethyl adjacent to an activating group) is 1. The zero-order valence-electron chi connectivity index (χ0n) is 9.48. The van der Waals surface area contributed by atoms with Crippen molar-refractivity contribution in [1.82, 2.24) is 9.21 Å². The summed E-state index contributed by atoms with van der Waals surface area (Å²) >= 11 is 0. The van der Waals surface area contributed by atoms with E-state index in [2.05, 4.69) is 4.90 Å². The summed E-state index contributed by atoms with van der Waals surface area (Å²) in [5.74, 6) is 0.199. The van der Waals surface area contributed by atoms with Crippen molar-refractivity contribution in [3.05, 3.63) is 0 Å². The van der Waals surface area contributed by atoms with Crippen LogP contribution in [0.3, 0.4) is 0 Å². The van der Waals surface area contributed by atoms with E-state index in [0.29, 0.717) is 26.1 Å². The van der Waals surface area contributed by atoms with Crippen LogP contribution < -0.4 is 0 Å². The largest absolute Gasteiger partial charge is 0.385 e. The predicted molar refractivity (Wildman–Crippen MR) is 59.3 cm³/mol. The highest BCUT2D eigenvalue weighted by Gasteiger charge is 2.24. The normalized spacial score (nSPS) is 20.7. The Morgan fingerprint density at radius 2 is 1.80 bits per heavy atom. The molecule has 90 valence electrons. The number of ether oxygens (including phenoxy) is 1. The van der Waals surface area contributed by atoms with Crippen molar-refractivity contribution in [2.45, 2.75) is 6.42 Å². The minimum atomic E-state index is -3.05. The lowest BCUT2D eigenvalue weighted by atomic mass is 10.4. The first-order valence-electron chi connectivity index (χ1n) is 5.21. The number of hydrogen-bond acceptors (Lipinski definition) is 4. The second-order valence-corrected chi connectivity index (χ2v) is 5.95. The minimum Gasteiger partial charge on any atom is -0.385 e. The lowest BCUT2D eigenvalue weighted by Gasteiger charge is -2.31. The van der Waals surface area contributed by atoms with E-state index < -0.39 is 10.0 Å². The maximum Gasteiger partial charge on any atom is 0.214 e. The Labute approximate surface area is 92.0 Å². The summed E-state index contributed by atoms with van der Waals surface area (Å²) in [7, 11) is 0.542. The Morgan fingerprint density at radius 3 is 2.33 bits per heavy atom. The quantitative estimate of drug-likeness (QED) is 0.610. The molecule has 0 aliphatic carbocycles. The van der Waals surface area contributed by atoms with Crippen molar-refractivity contribution in [3.8, 4) is 0 Å². The van der Waals surface area contributed by atoms with Crippen LogP contribution in [-0.4, -0.2) is 70.3 Å². The van der Waals surface area contributed by atoms with Crippen LogP contribution in [0.25, 0.3) is 0 Å². The van der Waals surface area contributed by atoms with Crippen LogP contribution in [0.2, 0.25) is 0 Å². The van der Waals surface area contributed by atoms with Gasteiger partial charge >= 0.3 is 0 Å². The van der Waals surface area contributed by atoms with E-state index in [1.54, 1.807) is 11.4 Å². The monoisotopic (exact) mass is 236 g/mol. The summed E-state index contributed by atoms with van der Waals surface area (Å²) < 4.78 is 30.1. The van der Waals surface area contributed by atoms with Crippen LogP contribution in [0.15, 0.2) is 0 Å². The molecule has 1 fully saturated rings. The van der Waals surface area contributed by atoms with Gasteiger partial charge in [0, 0.05) is 39.9 Å². The first-order valence-corrected chi connectivity index (χ1v) is 6.82. The van der Waals surface area contributed by atoms with E-state index in [1.807, 2.05) is 7.05 Å². The van der Waals surface area contributed by atoms with E-state index in [9.17, 15) is 8.42 Å². The van der Waals surface area contributed by atoms with Gasteiger partial charge in [0.15, 0.2) is 0 Å². The third-order valence-electron chi connectivity index (χ3n) is 2.61. The zero-order chi connectivity index (χ0) is 11.3. The van der Waals surface area contributed by atoms with Crippen LogP contribution in [0.1, 0.15) is 6.42 Å². The van der Waals surface area contributed by atoms with Crippen molar-refractivity contribution in [1.29, 1.82) is 0 Å². The van der Waals surface area contributed by atoms with Gasteiger partial charge in [-0.3, -0.25) is 0 Å². The molecule has 0 aromatic rings. The Hall–Kier alpha value is -0.170. The van der Waals surface area contributed by atoms with E-state index in [-0.39, 0.29) is 5.75 Å². The van der Waals surface area contributed by atoms with Crippen molar-refractivity contribution in [2.24, 2.45) is 0 Å². The molecule has 0 spiro atoms. The number of sulfonamides is 1. The molecular formula is C9H20N2O3S. The Balaban J connectivity index is 2.40. The summed E-state index contributed by atoms with van der Waals surface area (Å²) in [6.45, 7) is 3.39. The summed E-state index contributed by atoms with van der Waals surface area (Å²) in [6.07, 6.45) is 0.575. The smallest absolute Gasteiger partial charge is 0.214 e. The molecule has 1 saturated heterocycles. The molecule has 1 aliphatic heterocycles. The first kappa shape index (κ1) is 12.9. The zero-order valence-corrected chi connectivity index (χ0v) is 10.3. The van der Waals surface area contributed by atoms with Gasteiger partial charge in [-0.15, -0.1) is 0 Å². The van der Waals surface area contributed by atoms with Gasteiger partial charge in [-0.05, 0) is 13.5 Å². The van der Waals surface area contributed by atoms with Gasteiger partial charge in [-0.2, -0.15) is 4.31 Å². The van der Waals surface area contributed by atoms with Crippen LogP contribution in [0, 0.1) is 0 Å². The lowest BCUT2D eigenvalue weighted by Crippen LogP contribution is -2.47. The fourth-order valence-electron chi connectivity index (χ4n) is 1.58. The second-order valence-electron chi connectivity index (χ2n) is 3.86. The summed E-state index contributed by atoms with van der Waals surface area (Å²) in [4.78, 5) is 2.14. The average Bonchev–Trinajstić information content (AvgIpc) is 2.18. The maximum atomic E-state index is 11.8. The van der Waals surface area contributed by atoms with E-state index in [1.165, 1.54) is 0 Å². The molecular weight excluding hydrogens is 216 g/mol. The van der Waals surface area contributed by atoms with Gasteiger partial charge < -0.3 is 9.64 Å². The Bertz CT molecular complexity index is 271. The maximum absolute atomic E-state index is 11.8. The molecule has 1 heterocycles. The summed E-state index contributed by atoms with van der Waals surface area (Å²) in [5.41, 5.74) is 0. The van der Waals surface area contributed by atoms with Gasteiger partial charge in [0.1, 0.15) is 0 Å². The van der Waals surface area contributed by atoms with Crippen LogP contribution >= 0.6 is 0 Å². The van der Waals surface area contributed by atoms with Crippen molar-refractivity contribution < 1.29 is 13.2 Å². The molecule has 1 rings (SSSR count). The van der Waals surface area contributed by atoms with Gasteiger partial charge in [0.25, 0.3) is 0 Å². The van der Waals surface area contributed by atoms with Crippen LogP contribution in [0.5, 0.6) is 0 Å². The molecule has 1 aliphatic rings. The van der Waals surface area contributed by atoms with Crippen LogP contribution in [0.4, 0.5) is 0 Å². The number of methoxy groups -OCH3 is 1. The Morgan fingerprint density at radius 1 is 1.20 bits per heavy atom. The average molecular weight is 236 g/mol. The third kappa shape index (κ3) is 4.06. The number of rotatable bonds is 5. The molecule has 0 radical (unpaired) electrons. The molecule has 6 heteroatoms. The number of hydrogen-bond donors (Lipinski definition) is 0. The van der Waals surface area contributed by atoms with Gasteiger partial charge in [-0.25, -0.2) is 8.42 Å². The van der Waals surface area contributed by atoms with E-state index in [0.717, 1.165) is 13.1 Å². The standard InChI is InChI=1S/C9H20N2O3S/c1-10-4-6-11(7-5-10)15(12,13)9-3-8-14-2/h3-9H2,1-2H3. The highest BCUT2D eigenvalue weighted by molar-refractivity contribution is 7.89. The number of nitrogens with zero attached hydrogens (tertiary/aromatic N) is 2. The molecule has 0 saturated carbocycles. The van der Waals surface area contributed by atoms with Crippen molar-refractivity contribution >= 4 is 10.0 Å². The third-order valence-corrected chi connectivity index (χ3v) is 4.56. The molecule has 0 N–H and O–H groups in total. The Kier molecular flexibility index (Phi) is 4.98. The number of piperazine rings is 1. The van der Waals surface area contributed by atoms with Crippen molar-refractivity contribution in [3.63, 3.8) is 0 Å². The highest BCUT2D eigenvalue weighted by atomic mass is 32.2. The molecule has 0 bridgehead atoms.